The Labute approximate surface area is 146 Å². The lowest BCUT2D eigenvalue weighted by molar-refractivity contribution is -0.0928. The molecule has 4 nitrogen and oxygen atoms in total. The zero-order valence-corrected chi connectivity index (χ0v) is 14.5. The average Bonchev–Trinajstić information content (AvgIpc) is 3.14. The van der Waals surface area contributed by atoms with Gasteiger partial charge in [-0.2, -0.15) is 5.06 Å². The number of carbonyl (C=O) groups is 1. The van der Waals surface area contributed by atoms with Crippen LogP contribution in [0.15, 0.2) is 47.8 Å². The Balaban J connectivity index is 2.01. The second-order valence-electron chi connectivity index (χ2n) is 5.23. The molecule has 1 N–H and O–H groups in total. The maximum absolute atomic E-state index is 12.1. The smallest absolute Gasteiger partial charge is 0.435 e. The number of unbranched alkanes of at least 4 members (excludes halogenated alkanes) is 2. The van der Waals surface area contributed by atoms with Gasteiger partial charge in [0.25, 0.3) is 0 Å². The van der Waals surface area contributed by atoms with Gasteiger partial charge in [-0.05, 0) is 23.4 Å². The lowest BCUT2D eigenvalue weighted by Crippen LogP contribution is -2.31. The molecule has 0 saturated heterocycles. The van der Waals surface area contributed by atoms with E-state index >= 15 is 0 Å². The number of nitrogens with zero attached hydrogens (tertiary/aromatic N) is 1. The summed E-state index contributed by atoms with van der Waals surface area (Å²) in [5, 5.41) is 12.7. The van der Waals surface area contributed by atoms with Crippen molar-refractivity contribution in [2.75, 3.05) is 0 Å². The summed E-state index contributed by atoms with van der Waals surface area (Å²) in [5.41, 5.74) is 0.862. The molecule has 0 aliphatic carbocycles. The minimum Gasteiger partial charge on any atom is -0.443 e. The topological polar surface area (TPSA) is 49.8 Å². The van der Waals surface area contributed by atoms with Gasteiger partial charge in [0.15, 0.2) is 6.04 Å². The lowest BCUT2D eigenvalue weighted by Gasteiger charge is -2.20. The van der Waals surface area contributed by atoms with E-state index in [4.69, 9.17) is 4.74 Å². The summed E-state index contributed by atoms with van der Waals surface area (Å²) in [6, 6.07) is 12.3. The summed E-state index contributed by atoms with van der Waals surface area (Å²) in [7, 11) is 0. The number of carbonyl (C=O) groups excluding carboxylic acids is 1. The van der Waals surface area contributed by atoms with Gasteiger partial charge in [0.2, 0.25) is 0 Å². The molecule has 1 amide bonds. The van der Waals surface area contributed by atoms with Gasteiger partial charge in [0.05, 0.1) is 0 Å². The molecule has 2 rings (SSSR count). The van der Waals surface area contributed by atoms with Gasteiger partial charge in [0.1, 0.15) is 6.61 Å². The largest absolute Gasteiger partial charge is 0.443 e. The summed E-state index contributed by atoms with van der Waals surface area (Å²) in [6.07, 6.45) is 1.99. The molecular formula is C19H21NO3S. The van der Waals surface area contributed by atoms with Gasteiger partial charge in [-0.15, -0.1) is 17.3 Å². The number of rotatable bonds is 6. The fourth-order valence-electron chi connectivity index (χ4n) is 2.02. The first-order chi connectivity index (χ1) is 11.7. The highest BCUT2D eigenvalue weighted by Gasteiger charge is 2.24. The Morgan fingerprint density at radius 1 is 1.29 bits per heavy atom. The number of ether oxygens (including phenoxy) is 1. The van der Waals surface area contributed by atoms with Crippen molar-refractivity contribution in [1.82, 2.24) is 5.06 Å². The molecule has 0 radical (unpaired) electrons. The molecule has 1 heterocycles. The van der Waals surface area contributed by atoms with Gasteiger partial charge in [0, 0.05) is 11.3 Å². The predicted octanol–water partition coefficient (Wildman–Crippen LogP) is 5.01. The van der Waals surface area contributed by atoms with Gasteiger partial charge in [-0.3, -0.25) is 5.21 Å². The van der Waals surface area contributed by atoms with Gasteiger partial charge in [-0.1, -0.05) is 55.7 Å². The van der Waals surface area contributed by atoms with Crippen LogP contribution in [0.25, 0.3) is 0 Å². The number of hydrogen-bond acceptors (Lipinski definition) is 4. The van der Waals surface area contributed by atoms with Crippen LogP contribution < -0.4 is 0 Å². The molecule has 1 unspecified atom stereocenters. The Kier molecular flexibility index (Phi) is 7.34. The molecular weight excluding hydrogens is 322 g/mol. The number of thiophene rings is 1. The minimum absolute atomic E-state index is 0.108. The van der Waals surface area contributed by atoms with Crippen LogP contribution in [0.2, 0.25) is 0 Å². The fourth-order valence-corrected chi connectivity index (χ4v) is 2.78. The van der Waals surface area contributed by atoms with Crippen LogP contribution in [0.3, 0.4) is 0 Å². The van der Waals surface area contributed by atoms with Gasteiger partial charge in [-0.25, -0.2) is 4.79 Å². The quantitative estimate of drug-likeness (QED) is 0.347. The molecule has 24 heavy (non-hydrogen) atoms. The van der Waals surface area contributed by atoms with E-state index in [0.29, 0.717) is 5.06 Å². The highest BCUT2D eigenvalue weighted by atomic mass is 32.1. The lowest BCUT2D eigenvalue weighted by atomic mass is 10.2. The van der Waals surface area contributed by atoms with Crippen LogP contribution in [0.4, 0.5) is 4.79 Å². The fraction of sp³-hybridized carbons (Fsp3) is 0.316. The van der Waals surface area contributed by atoms with Gasteiger partial charge >= 0.3 is 6.09 Å². The van der Waals surface area contributed by atoms with E-state index < -0.39 is 12.1 Å². The zero-order valence-electron chi connectivity index (χ0n) is 13.6. The molecule has 0 aliphatic heterocycles. The van der Waals surface area contributed by atoms with E-state index in [-0.39, 0.29) is 6.61 Å². The number of hydroxylamine groups is 2. The van der Waals surface area contributed by atoms with Crippen molar-refractivity contribution in [3.63, 3.8) is 0 Å². The van der Waals surface area contributed by atoms with Gasteiger partial charge < -0.3 is 4.74 Å². The SMILES string of the molecule is CCCCC#CC(c1cccs1)N(O)C(=O)OCc1ccccc1. The van der Waals surface area contributed by atoms with E-state index in [2.05, 4.69) is 18.8 Å². The van der Waals surface area contributed by atoms with E-state index in [1.165, 1.54) is 11.3 Å². The average molecular weight is 343 g/mol. The van der Waals surface area contributed by atoms with Crippen molar-refractivity contribution < 1.29 is 14.7 Å². The molecule has 126 valence electrons. The van der Waals surface area contributed by atoms with Crippen LogP contribution in [0.5, 0.6) is 0 Å². The van der Waals surface area contributed by atoms with Crippen molar-refractivity contribution in [2.24, 2.45) is 0 Å². The maximum atomic E-state index is 12.1. The van der Waals surface area contributed by atoms with Crippen LogP contribution in [0, 0.1) is 11.8 Å². The summed E-state index contributed by atoms with van der Waals surface area (Å²) in [5.74, 6) is 6.00. The zero-order chi connectivity index (χ0) is 17.2. The molecule has 0 spiro atoms. The Bertz CT molecular complexity index is 674. The van der Waals surface area contributed by atoms with E-state index in [1.54, 1.807) is 0 Å². The number of amides is 1. The van der Waals surface area contributed by atoms with Crippen molar-refractivity contribution in [3.8, 4) is 11.8 Å². The normalized spacial score (nSPS) is 11.2. The highest BCUT2D eigenvalue weighted by molar-refractivity contribution is 7.10. The van der Waals surface area contributed by atoms with Crippen LogP contribution in [0.1, 0.15) is 42.7 Å². The summed E-state index contributed by atoms with van der Waals surface area (Å²) < 4.78 is 5.17. The maximum Gasteiger partial charge on any atom is 0.435 e. The molecule has 5 heteroatoms. The van der Waals surface area contributed by atoms with Crippen LogP contribution >= 0.6 is 11.3 Å². The summed E-state index contributed by atoms with van der Waals surface area (Å²) >= 11 is 1.44. The second-order valence-corrected chi connectivity index (χ2v) is 6.21. The first-order valence-corrected chi connectivity index (χ1v) is 8.81. The predicted molar refractivity (Wildman–Crippen MR) is 94.6 cm³/mol. The third-order valence-electron chi connectivity index (χ3n) is 3.34. The van der Waals surface area contributed by atoms with E-state index in [9.17, 15) is 10.0 Å². The van der Waals surface area contributed by atoms with Crippen molar-refractivity contribution >= 4 is 17.4 Å². The van der Waals surface area contributed by atoms with Crippen molar-refractivity contribution in [1.29, 1.82) is 0 Å². The first-order valence-electron chi connectivity index (χ1n) is 7.93. The second kappa shape index (κ2) is 9.76. The van der Waals surface area contributed by atoms with Crippen molar-refractivity contribution in [2.45, 2.75) is 38.8 Å². The summed E-state index contributed by atoms with van der Waals surface area (Å²) in [4.78, 5) is 12.9. The Morgan fingerprint density at radius 3 is 2.75 bits per heavy atom. The minimum atomic E-state index is -0.804. The third-order valence-corrected chi connectivity index (χ3v) is 4.27. The standard InChI is InChI=1S/C19H21NO3S/c1-2-3-4-8-12-17(18-13-9-14-24-18)20(22)19(21)23-15-16-10-6-5-7-11-16/h5-7,9-11,13-14,17,22H,2-4,15H2,1H3. The van der Waals surface area contributed by atoms with Crippen LogP contribution in [-0.4, -0.2) is 16.4 Å². The van der Waals surface area contributed by atoms with E-state index in [0.717, 1.165) is 29.7 Å². The molecule has 1 aromatic heterocycles. The first kappa shape index (κ1) is 18.1. The molecule has 1 atom stereocenters. The number of benzene rings is 1. The summed E-state index contributed by atoms with van der Waals surface area (Å²) in [6.45, 7) is 2.20. The molecule has 1 aromatic carbocycles. The molecule has 0 saturated carbocycles. The number of hydrogen-bond donors (Lipinski definition) is 1. The molecule has 0 fully saturated rings. The van der Waals surface area contributed by atoms with Crippen molar-refractivity contribution in [3.05, 3.63) is 58.3 Å². The monoisotopic (exact) mass is 343 g/mol. The van der Waals surface area contributed by atoms with E-state index in [1.807, 2.05) is 47.8 Å². The molecule has 2 aromatic rings. The third kappa shape index (κ3) is 5.41. The molecule has 0 bridgehead atoms. The Morgan fingerprint density at radius 2 is 2.08 bits per heavy atom. The van der Waals surface area contributed by atoms with Crippen LogP contribution in [-0.2, 0) is 11.3 Å². The molecule has 0 aliphatic rings. The Hall–Kier alpha value is -2.29. The highest BCUT2D eigenvalue weighted by Crippen LogP contribution is 2.24.